The van der Waals surface area contributed by atoms with Crippen LogP contribution in [0.4, 0.5) is 5.69 Å². The number of benzene rings is 1. The third-order valence-electron chi connectivity index (χ3n) is 3.34. The zero-order valence-electron chi connectivity index (χ0n) is 10.1. The fraction of sp³-hybridized carbons (Fsp3) is 0.308. The summed E-state index contributed by atoms with van der Waals surface area (Å²) in [6.45, 7) is 0. The van der Waals surface area contributed by atoms with Gasteiger partial charge in [0.1, 0.15) is 6.04 Å². The van der Waals surface area contributed by atoms with Crippen LogP contribution in [-0.4, -0.2) is 33.6 Å². The van der Waals surface area contributed by atoms with Gasteiger partial charge in [-0.15, -0.1) is 11.8 Å². The van der Waals surface area contributed by atoms with Crippen molar-refractivity contribution in [3.05, 3.63) is 29.8 Å². The summed E-state index contributed by atoms with van der Waals surface area (Å²) in [7, 11) is 0. The van der Waals surface area contributed by atoms with Gasteiger partial charge < -0.3 is 4.90 Å². The Morgan fingerprint density at radius 3 is 2.74 bits per heavy atom. The topological polar surface area (TPSA) is 47.3 Å². The Morgan fingerprint density at radius 1 is 1.37 bits per heavy atom. The van der Waals surface area contributed by atoms with Gasteiger partial charge in [0.2, 0.25) is 0 Å². The number of nitrogens with zero attached hydrogens (tertiary/aromatic N) is 3. The summed E-state index contributed by atoms with van der Waals surface area (Å²) >= 11 is 7.21. The lowest BCUT2D eigenvalue weighted by molar-refractivity contribution is -0.119. The van der Waals surface area contributed by atoms with E-state index in [1.165, 1.54) is 0 Å². The number of carbonyl (C=O) groups is 1. The summed E-state index contributed by atoms with van der Waals surface area (Å²) < 4.78 is 0. The van der Waals surface area contributed by atoms with Gasteiger partial charge in [0, 0.05) is 0 Å². The van der Waals surface area contributed by atoms with Crippen molar-refractivity contribution < 1.29 is 4.79 Å². The lowest BCUT2D eigenvalue weighted by atomic mass is 10.2. The largest absolute Gasteiger partial charge is 0.327 e. The van der Waals surface area contributed by atoms with Crippen molar-refractivity contribution in [2.75, 3.05) is 16.5 Å². The lowest BCUT2D eigenvalue weighted by Crippen LogP contribution is -2.38. The number of thioether (sulfide) groups is 1. The molecule has 0 aromatic heterocycles. The van der Waals surface area contributed by atoms with Crippen LogP contribution in [0.15, 0.2) is 24.3 Å². The van der Waals surface area contributed by atoms with Crippen LogP contribution < -0.4 is 4.90 Å². The quantitative estimate of drug-likeness (QED) is 0.740. The predicted molar refractivity (Wildman–Crippen MR) is 78.8 cm³/mol. The fourth-order valence-electron chi connectivity index (χ4n) is 2.34. The molecule has 2 saturated heterocycles. The third-order valence-corrected chi connectivity index (χ3v) is 4.74. The highest BCUT2D eigenvalue weighted by molar-refractivity contribution is 7.99. The SMILES string of the molecule is N#Cc1ccc(N2C(=O)C3CCSCN3C2=S)cc1. The van der Waals surface area contributed by atoms with Gasteiger partial charge in [-0.3, -0.25) is 9.69 Å². The van der Waals surface area contributed by atoms with Crippen LogP contribution in [0.2, 0.25) is 0 Å². The molecule has 0 radical (unpaired) electrons. The number of hydrogen-bond acceptors (Lipinski definition) is 4. The number of carbonyl (C=O) groups excluding carboxylic acids is 1. The first-order valence-corrected chi connectivity index (χ1v) is 7.51. The van der Waals surface area contributed by atoms with Crippen LogP contribution in [-0.2, 0) is 4.79 Å². The standard InChI is InChI=1S/C13H11N3OS2/c14-7-9-1-3-10(4-2-9)16-12(17)11-5-6-19-8-15(11)13(16)18/h1-4,11H,5-6,8H2. The van der Waals surface area contributed by atoms with Gasteiger partial charge in [0.25, 0.3) is 5.91 Å². The molecule has 3 rings (SSSR count). The Bertz CT molecular complexity index is 555. The number of amides is 1. The Hall–Kier alpha value is -1.58. The van der Waals surface area contributed by atoms with Gasteiger partial charge in [0.05, 0.1) is 23.2 Å². The van der Waals surface area contributed by atoms with E-state index in [0.29, 0.717) is 10.7 Å². The van der Waals surface area contributed by atoms with E-state index in [4.69, 9.17) is 17.5 Å². The summed E-state index contributed by atoms with van der Waals surface area (Å²) in [6, 6.07) is 8.92. The van der Waals surface area contributed by atoms with E-state index in [-0.39, 0.29) is 11.9 Å². The van der Waals surface area contributed by atoms with E-state index in [1.54, 1.807) is 40.9 Å². The monoisotopic (exact) mass is 289 g/mol. The highest BCUT2D eigenvalue weighted by Gasteiger charge is 2.44. The number of rotatable bonds is 1. The van der Waals surface area contributed by atoms with Crippen LogP contribution in [0.3, 0.4) is 0 Å². The molecule has 1 amide bonds. The molecule has 2 aliphatic heterocycles. The van der Waals surface area contributed by atoms with Gasteiger partial charge in [0.15, 0.2) is 5.11 Å². The molecule has 1 aromatic carbocycles. The predicted octanol–water partition coefficient (Wildman–Crippen LogP) is 1.95. The fourth-order valence-corrected chi connectivity index (χ4v) is 3.83. The molecular formula is C13H11N3OS2. The van der Waals surface area contributed by atoms with E-state index in [2.05, 4.69) is 6.07 Å². The molecule has 1 aromatic rings. The van der Waals surface area contributed by atoms with Crippen LogP contribution >= 0.6 is 24.0 Å². The molecule has 1 atom stereocenters. The zero-order valence-corrected chi connectivity index (χ0v) is 11.7. The summed E-state index contributed by atoms with van der Waals surface area (Å²) in [4.78, 5) is 16.0. The van der Waals surface area contributed by atoms with E-state index in [9.17, 15) is 4.79 Å². The van der Waals surface area contributed by atoms with Gasteiger partial charge in [-0.25, -0.2) is 0 Å². The van der Waals surface area contributed by atoms with Crippen molar-refractivity contribution in [1.29, 1.82) is 5.26 Å². The molecule has 0 bridgehead atoms. The van der Waals surface area contributed by atoms with Crippen LogP contribution in [0.5, 0.6) is 0 Å². The minimum atomic E-state index is -0.107. The van der Waals surface area contributed by atoms with Crippen molar-refractivity contribution in [2.45, 2.75) is 12.5 Å². The summed E-state index contributed by atoms with van der Waals surface area (Å²) in [5, 5.41) is 9.37. The van der Waals surface area contributed by atoms with E-state index >= 15 is 0 Å². The normalized spacial score (nSPS) is 22.4. The van der Waals surface area contributed by atoms with Crippen LogP contribution in [0.25, 0.3) is 0 Å². The number of thiocarbonyl (C=S) groups is 1. The molecule has 0 saturated carbocycles. The smallest absolute Gasteiger partial charge is 0.256 e. The second-order valence-corrected chi connectivity index (χ2v) is 5.87. The average molecular weight is 289 g/mol. The molecule has 19 heavy (non-hydrogen) atoms. The summed E-state index contributed by atoms with van der Waals surface area (Å²) in [5.74, 6) is 1.83. The second-order valence-electron chi connectivity index (χ2n) is 4.43. The van der Waals surface area contributed by atoms with Crippen LogP contribution in [0.1, 0.15) is 12.0 Å². The Kier molecular flexibility index (Phi) is 3.17. The number of nitriles is 1. The van der Waals surface area contributed by atoms with Crippen molar-refractivity contribution in [1.82, 2.24) is 4.90 Å². The molecule has 2 fully saturated rings. The molecule has 0 aliphatic carbocycles. The third kappa shape index (κ3) is 1.99. The van der Waals surface area contributed by atoms with Crippen LogP contribution in [0, 0.1) is 11.3 Å². The molecule has 96 valence electrons. The first-order valence-electron chi connectivity index (χ1n) is 5.95. The molecule has 6 heteroatoms. The minimum Gasteiger partial charge on any atom is -0.327 e. The van der Waals surface area contributed by atoms with Gasteiger partial charge in [-0.2, -0.15) is 5.26 Å². The van der Waals surface area contributed by atoms with Gasteiger partial charge in [-0.05, 0) is 48.7 Å². The van der Waals surface area contributed by atoms with Gasteiger partial charge in [-0.1, -0.05) is 0 Å². The maximum atomic E-state index is 12.4. The first kappa shape index (κ1) is 12.5. The van der Waals surface area contributed by atoms with Crippen molar-refractivity contribution in [3.8, 4) is 6.07 Å². The molecule has 4 nitrogen and oxygen atoms in total. The summed E-state index contributed by atoms with van der Waals surface area (Å²) in [5.41, 5.74) is 1.32. The molecule has 0 N–H and O–H groups in total. The average Bonchev–Trinajstić information content (AvgIpc) is 2.72. The first-order chi connectivity index (χ1) is 9.22. The Balaban J connectivity index is 1.93. The number of anilines is 1. The molecule has 2 aliphatic rings. The molecule has 0 spiro atoms. The molecule has 2 heterocycles. The highest BCUT2D eigenvalue weighted by atomic mass is 32.2. The lowest BCUT2D eigenvalue weighted by Gasteiger charge is -2.27. The van der Waals surface area contributed by atoms with E-state index in [1.807, 2.05) is 4.90 Å². The maximum Gasteiger partial charge on any atom is 0.256 e. The van der Waals surface area contributed by atoms with Gasteiger partial charge >= 0.3 is 0 Å². The Morgan fingerprint density at radius 2 is 2.11 bits per heavy atom. The maximum absolute atomic E-state index is 12.4. The molecular weight excluding hydrogens is 278 g/mol. The highest BCUT2D eigenvalue weighted by Crippen LogP contribution is 2.32. The van der Waals surface area contributed by atoms with Crippen molar-refractivity contribution in [2.24, 2.45) is 0 Å². The number of fused-ring (bicyclic) bond motifs is 1. The second kappa shape index (κ2) is 4.83. The van der Waals surface area contributed by atoms with Crippen molar-refractivity contribution in [3.63, 3.8) is 0 Å². The zero-order chi connectivity index (χ0) is 13.4. The summed E-state index contributed by atoms with van der Waals surface area (Å²) in [6.07, 6.45) is 0.844. The van der Waals surface area contributed by atoms with Crippen molar-refractivity contribution >= 4 is 40.7 Å². The number of hydrogen-bond donors (Lipinski definition) is 0. The van der Waals surface area contributed by atoms with E-state index in [0.717, 1.165) is 23.7 Å². The molecule has 1 unspecified atom stereocenters. The minimum absolute atomic E-state index is 0.0509. The Labute approximate surface area is 121 Å². The van der Waals surface area contributed by atoms with E-state index < -0.39 is 0 Å².